The molecule has 0 saturated carbocycles. The van der Waals surface area contributed by atoms with Gasteiger partial charge >= 0.3 is 0 Å². The lowest BCUT2D eigenvalue weighted by atomic mass is 10.2. The van der Waals surface area contributed by atoms with E-state index >= 15 is 0 Å². The maximum atomic E-state index is 12.0. The minimum Gasteiger partial charge on any atom is -0.459 e. The Hall–Kier alpha value is -2.08. The summed E-state index contributed by atoms with van der Waals surface area (Å²) in [7, 11) is 0. The monoisotopic (exact) mass is 530 g/mol. The molecule has 9 nitrogen and oxygen atoms in total. The van der Waals surface area contributed by atoms with E-state index in [0.29, 0.717) is 18.8 Å². The number of nitrogens with zero attached hydrogens (tertiary/aromatic N) is 4. The van der Waals surface area contributed by atoms with E-state index in [1.165, 1.54) is 6.26 Å². The largest absolute Gasteiger partial charge is 0.459 e. The maximum absolute atomic E-state index is 12.0. The van der Waals surface area contributed by atoms with Gasteiger partial charge in [0.2, 0.25) is 0 Å². The number of halogens is 1. The van der Waals surface area contributed by atoms with Gasteiger partial charge in [-0.05, 0) is 26.3 Å². The van der Waals surface area contributed by atoms with Crippen molar-refractivity contribution in [2.24, 2.45) is 4.99 Å². The molecule has 0 aromatic carbocycles. The van der Waals surface area contributed by atoms with Crippen molar-refractivity contribution < 1.29 is 13.7 Å². The van der Waals surface area contributed by atoms with Crippen molar-refractivity contribution in [3.05, 3.63) is 41.7 Å². The summed E-state index contributed by atoms with van der Waals surface area (Å²) in [5, 5.41) is 10.2. The molecule has 1 aliphatic rings. The van der Waals surface area contributed by atoms with Gasteiger partial charge in [0, 0.05) is 64.0 Å². The molecule has 0 radical (unpaired) electrons. The number of guanidine groups is 1. The Bertz CT molecular complexity index is 784. The van der Waals surface area contributed by atoms with E-state index in [-0.39, 0.29) is 29.9 Å². The molecule has 10 heteroatoms. The Labute approximate surface area is 194 Å². The van der Waals surface area contributed by atoms with Gasteiger partial charge in [-0.2, -0.15) is 0 Å². The van der Waals surface area contributed by atoms with E-state index in [1.54, 1.807) is 12.3 Å². The van der Waals surface area contributed by atoms with Crippen molar-refractivity contribution >= 4 is 35.8 Å². The molecule has 166 valence electrons. The number of aliphatic imine (C=N–C) groups is 1. The highest BCUT2D eigenvalue weighted by Crippen LogP contribution is 2.09. The fourth-order valence-electron chi connectivity index (χ4n) is 3.24. The molecule has 0 aliphatic carbocycles. The predicted molar refractivity (Wildman–Crippen MR) is 125 cm³/mol. The van der Waals surface area contributed by atoms with Crippen LogP contribution in [0.15, 0.2) is 38.6 Å². The molecule has 3 heterocycles. The van der Waals surface area contributed by atoms with Gasteiger partial charge in [-0.3, -0.25) is 14.7 Å². The second-order valence-electron chi connectivity index (χ2n) is 7.03. The van der Waals surface area contributed by atoms with Crippen LogP contribution in [0.25, 0.3) is 0 Å². The van der Waals surface area contributed by atoms with Crippen LogP contribution in [0.4, 0.5) is 0 Å². The highest BCUT2D eigenvalue weighted by atomic mass is 127. The first-order valence-electron chi connectivity index (χ1n) is 10.1. The van der Waals surface area contributed by atoms with Crippen LogP contribution >= 0.6 is 24.0 Å². The van der Waals surface area contributed by atoms with Gasteiger partial charge in [0.05, 0.1) is 12.0 Å². The molecule has 30 heavy (non-hydrogen) atoms. The number of furan rings is 1. The smallest absolute Gasteiger partial charge is 0.287 e. The molecule has 1 saturated heterocycles. The molecule has 3 rings (SSSR count). The van der Waals surface area contributed by atoms with Crippen molar-refractivity contribution in [2.45, 2.75) is 26.8 Å². The number of aryl methyl sites for hydroxylation is 1. The lowest BCUT2D eigenvalue weighted by Gasteiger charge is -2.36. The Morgan fingerprint density at radius 3 is 2.63 bits per heavy atom. The molecule has 2 aromatic rings. The Morgan fingerprint density at radius 1 is 1.20 bits per heavy atom. The molecule has 1 amide bonds. The number of nitrogens with one attached hydrogen (secondary N) is 2. The van der Waals surface area contributed by atoms with Crippen LogP contribution in [0.1, 0.15) is 35.2 Å². The van der Waals surface area contributed by atoms with Gasteiger partial charge < -0.3 is 24.5 Å². The Morgan fingerprint density at radius 2 is 2.00 bits per heavy atom. The Balaban J connectivity index is 0.00000320. The van der Waals surface area contributed by atoms with Crippen molar-refractivity contribution in [1.29, 1.82) is 0 Å². The van der Waals surface area contributed by atoms with Crippen LogP contribution in [-0.4, -0.2) is 72.6 Å². The summed E-state index contributed by atoms with van der Waals surface area (Å²) in [4.78, 5) is 21.4. The summed E-state index contributed by atoms with van der Waals surface area (Å²) in [6.45, 7) is 10.5. The minimum atomic E-state index is -0.174. The lowest BCUT2D eigenvalue weighted by molar-refractivity contribution is 0.0925. The number of hydrogen-bond donors (Lipinski definition) is 2. The second-order valence-corrected chi connectivity index (χ2v) is 7.03. The zero-order valence-electron chi connectivity index (χ0n) is 17.6. The van der Waals surface area contributed by atoms with E-state index in [2.05, 4.69) is 32.5 Å². The minimum absolute atomic E-state index is 0. The van der Waals surface area contributed by atoms with Gasteiger partial charge in [-0.25, -0.2) is 0 Å². The summed E-state index contributed by atoms with van der Waals surface area (Å²) in [5.41, 5.74) is 1.81. The standard InChI is InChI=1S/C20H30N6O3.HI/c1-3-21-20(23-8-4-7-22-19(27)18-16(2)5-13-28-18)26-11-9-25(10-12-26)15-17-6-14-29-24-17;/h5-6,13-14H,3-4,7-12,15H2,1-2H3,(H,21,23)(H,22,27);1H. The Kier molecular flexibility index (Phi) is 10.1. The summed E-state index contributed by atoms with van der Waals surface area (Å²) in [6, 6.07) is 3.69. The third-order valence-electron chi connectivity index (χ3n) is 4.83. The maximum Gasteiger partial charge on any atom is 0.287 e. The fraction of sp³-hybridized carbons (Fsp3) is 0.550. The molecule has 0 bridgehead atoms. The third-order valence-corrected chi connectivity index (χ3v) is 4.83. The van der Waals surface area contributed by atoms with Crippen LogP contribution in [0.2, 0.25) is 0 Å². The van der Waals surface area contributed by atoms with E-state index in [4.69, 9.17) is 13.9 Å². The number of rotatable bonds is 8. The summed E-state index contributed by atoms with van der Waals surface area (Å²) in [6.07, 6.45) is 3.91. The zero-order valence-corrected chi connectivity index (χ0v) is 19.9. The average Bonchev–Trinajstić information content (AvgIpc) is 3.39. The van der Waals surface area contributed by atoms with Gasteiger partial charge in [0.25, 0.3) is 5.91 Å². The number of hydrogen-bond acceptors (Lipinski definition) is 6. The van der Waals surface area contributed by atoms with E-state index in [9.17, 15) is 4.79 Å². The first kappa shape index (κ1) is 24.2. The van der Waals surface area contributed by atoms with Crippen LogP contribution in [0.3, 0.4) is 0 Å². The van der Waals surface area contributed by atoms with Crippen LogP contribution in [0, 0.1) is 6.92 Å². The highest BCUT2D eigenvalue weighted by molar-refractivity contribution is 14.0. The molecule has 2 N–H and O–H groups in total. The molecule has 1 aliphatic heterocycles. The van der Waals surface area contributed by atoms with Crippen molar-refractivity contribution in [2.75, 3.05) is 45.8 Å². The van der Waals surface area contributed by atoms with Gasteiger partial charge in [0.15, 0.2) is 11.7 Å². The van der Waals surface area contributed by atoms with E-state index in [1.807, 2.05) is 13.0 Å². The quantitative estimate of drug-likeness (QED) is 0.234. The fourth-order valence-corrected chi connectivity index (χ4v) is 3.24. The average molecular weight is 530 g/mol. The first-order valence-corrected chi connectivity index (χ1v) is 10.1. The molecule has 0 spiro atoms. The topological polar surface area (TPSA) is 99.1 Å². The number of amides is 1. The van der Waals surface area contributed by atoms with Gasteiger partial charge in [-0.15, -0.1) is 24.0 Å². The van der Waals surface area contributed by atoms with Gasteiger partial charge in [0.1, 0.15) is 6.26 Å². The molecule has 0 unspecified atom stereocenters. The third kappa shape index (κ3) is 7.01. The van der Waals surface area contributed by atoms with Gasteiger partial charge in [-0.1, -0.05) is 5.16 Å². The number of piperazine rings is 1. The normalized spacial score (nSPS) is 15.0. The first-order chi connectivity index (χ1) is 14.2. The highest BCUT2D eigenvalue weighted by Gasteiger charge is 2.20. The van der Waals surface area contributed by atoms with Crippen molar-refractivity contribution in [1.82, 2.24) is 25.6 Å². The van der Waals surface area contributed by atoms with Crippen LogP contribution in [0.5, 0.6) is 0 Å². The summed E-state index contributed by atoms with van der Waals surface area (Å²) >= 11 is 0. The zero-order chi connectivity index (χ0) is 20.5. The predicted octanol–water partition coefficient (Wildman–Crippen LogP) is 2.10. The molecule has 0 atom stereocenters. The lowest BCUT2D eigenvalue weighted by Crippen LogP contribution is -2.52. The molecule has 1 fully saturated rings. The van der Waals surface area contributed by atoms with Crippen LogP contribution in [-0.2, 0) is 6.54 Å². The molecule has 2 aromatic heterocycles. The van der Waals surface area contributed by atoms with E-state index < -0.39 is 0 Å². The van der Waals surface area contributed by atoms with Crippen LogP contribution < -0.4 is 10.6 Å². The summed E-state index contributed by atoms with van der Waals surface area (Å²) in [5.74, 6) is 1.14. The van der Waals surface area contributed by atoms with Crippen molar-refractivity contribution in [3.8, 4) is 0 Å². The molecular weight excluding hydrogens is 499 g/mol. The number of aromatic nitrogens is 1. The summed E-state index contributed by atoms with van der Waals surface area (Å²) < 4.78 is 10.1. The number of carbonyl (C=O) groups excluding carboxylic acids is 1. The van der Waals surface area contributed by atoms with Crippen molar-refractivity contribution in [3.63, 3.8) is 0 Å². The van der Waals surface area contributed by atoms with E-state index in [0.717, 1.165) is 62.9 Å². The molecular formula is C20H31IN6O3. The SMILES string of the molecule is CCNC(=NCCCNC(=O)c1occc1C)N1CCN(Cc2ccon2)CC1.I. The second kappa shape index (κ2) is 12.6. The number of carbonyl (C=O) groups is 1.